The Morgan fingerprint density at radius 2 is 1.93 bits per heavy atom. The number of nitrogens with two attached hydrogens (primary N) is 1. The van der Waals surface area contributed by atoms with Crippen LogP contribution in [0.15, 0.2) is 24.5 Å². The molecule has 3 heteroatoms. The molecule has 0 saturated carbocycles. The molecule has 1 atom stereocenters. The molecule has 0 aliphatic carbocycles. The summed E-state index contributed by atoms with van der Waals surface area (Å²) in [5.41, 5.74) is 7.15. The minimum Gasteiger partial charge on any atom is -0.330 e. The van der Waals surface area contributed by atoms with Crippen molar-refractivity contribution in [2.24, 2.45) is 5.73 Å². The lowest BCUT2D eigenvalue weighted by atomic mass is 10.00. The number of hydrogen-bond donors (Lipinski definition) is 1. The fourth-order valence-corrected chi connectivity index (χ4v) is 2.23. The van der Waals surface area contributed by atoms with Crippen LogP contribution >= 0.6 is 0 Å². The van der Waals surface area contributed by atoms with Crippen LogP contribution in [0.1, 0.15) is 24.3 Å². The maximum absolute atomic E-state index is 5.84. The monoisotopic (exact) mass is 205 g/mol. The molecular formula is C12H19N3. The highest BCUT2D eigenvalue weighted by molar-refractivity contribution is 5.16. The molecule has 0 radical (unpaired) electrons. The maximum atomic E-state index is 5.84. The van der Waals surface area contributed by atoms with Crippen molar-refractivity contribution in [3.63, 3.8) is 0 Å². The molecule has 1 aliphatic rings. The van der Waals surface area contributed by atoms with E-state index in [9.17, 15) is 0 Å². The molecule has 3 nitrogen and oxygen atoms in total. The molecule has 0 aromatic carbocycles. The van der Waals surface area contributed by atoms with Crippen molar-refractivity contribution in [1.29, 1.82) is 0 Å². The third-order valence-corrected chi connectivity index (χ3v) is 3.14. The van der Waals surface area contributed by atoms with Crippen LogP contribution in [0.2, 0.25) is 0 Å². The zero-order valence-corrected chi connectivity index (χ0v) is 9.10. The van der Waals surface area contributed by atoms with Gasteiger partial charge in [0.15, 0.2) is 0 Å². The van der Waals surface area contributed by atoms with E-state index in [-0.39, 0.29) is 0 Å². The van der Waals surface area contributed by atoms with E-state index in [1.807, 2.05) is 12.4 Å². The van der Waals surface area contributed by atoms with E-state index in [0.29, 0.717) is 5.92 Å². The van der Waals surface area contributed by atoms with E-state index in [4.69, 9.17) is 5.73 Å². The van der Waals surface area contributed by atoms with Gasteiger partial charge in [-0.1, -0.05) is 0 Å². The van der Waals surface area contributed by atoms with Gasteiger partial charge in [-0.05, 0) is 43.6 Å². The fraction of sp³-hybridized carbons (Fsp3) is 0.583. The first-order valence-corrected chi connectivity index (χ1v) is 5.72. The van der Waals surface area contributed by atoms with E-state index in [0.717, 1.165) is 13.1 Å². The summed E-state index contributed by atoms with van der Waals surface area (Å²) in [4.78, 5) is 6.55. The first-order chi connectivity index (χ1) is 7.40. The molecule has 1 fully saturated rings. The van der Waals surface area contributed by atoms with Gasteiger partial charge in [0.1, 0.15) is 0 Å². The number of rotatable bonds is 4. The Morgan fingerprint density at radius 1 is 1.27 bits per heavy atom. The van der Waals surface area contributed by atoms with Crippen LogP contribution in [0, 0.1) is 0 Å². The SMILES string of the molecule is NCC(CN1CCCC1)c1ccncc1. The van der Waals surface area contributed by atoms with Gasteiger partial charge in [-0.2, -0.15) is 0 Å². The number of hydrogen-bond acceptors (Lipinski definition) is 3. The summed E-state index contributed by atoms with van der Waals surface area (Å²) in [6.45, 7) is 4.30. The van der Waals surface area contributed by atoms with Gasteiger partial charge >= 0.3 is 0 Å². The number of likely N-dealkylation sites (tertiary alicyclic amines) is 1. The largest absolute Gasteiger partial charge is 0.330 e. The van der Waals surface area contributed by atoms with Crippen molar-refractivity contribution in [2.75, 3.05) is 26.2 Å². The topological polar surface area (TPSA) is 42.1 Å². The van der Waals surface area contributed by atoms with Crippen molar-refractivity contribution < 1.29 is 0 Å². The Bertz CT molecular complexity index is 280. The Morgan fingerprint density at radius 3 is 2.53 bits per heavy atom. The second kappa shape index (κ2) is 5.24. The molecule has 15 heavy (non-hydrogen) atoms. The van der Waals surface area contributed by atoms with Crippen LogP contribution in [0.4, 0.5) is 0 Å². The molecule has 1 aromatic heterocycles. The molecule has 2 N–H and O–H groups in total. The van der Waals surface area contributed by atoms with E-state index in [1.54, 1.807) is 0 Å². The smallest absolute Gasteiger partial charge is 0.0270 e. The Kier molecular flexibility index (Phi) is 3.69. The van der Waals surface area contributed by atoms with Crippen LogP contribution < -0.4 is 5.73 Å². The van der Waals surface area contributed by atoms with Gasteiger partial charge in [-0.25, -0.2) is 0 Å². The third-order valence-electron chi connectivity index (χ3n) is 3.14. The minimum atomic E-state index is 0.464. The highest BCUT2D eigenvalue weighted by Crippen LogP contribution is 2.17. The standard InChI is InChI=1S/C12H19N3/c13-9-12(10-15-7-1-2-8-15)11-3-5-14-6-4-11/h3-6,12H,1-2,7-10,13H2. The lowest BCUT2D eigenvalue weighted by Crippen LogP contribution is -2.29. The van der Waals surface area contributed by atoms with Crippen molar-refractivity contribution in [3.05, 3.63) is 30.1 Å². The van der Waals surface area contributed by atoms with Crippen LogP contribution in [-0.4, -0.2) is 36.1 Å². The number of aromatic nitrogens is 1. The molecular weight excluding hydrogens is 186 g/mol. The first kappa shape index (κ1) is 10.6. The normalized spacial score (nSPS) is 19.3. The summed E-state index contributed by atoms with van der Waals surface area (Å²) in [6, 6.07) is 4.15. The highest BCUT2D eigenvalue weighted by atomic mass is 15.1. The lowest BCUT2D eigenvalue weighted by molar-refractivity contribution is 0.315. The Labute approximate surface area is 91.3 Å². The molecule has 0 amide bonds. The van der Waals surface area contributed by atoms with E-state index >= 15 is 0 Å². The highest BCUT2D eigenvalue weighted by Gasteiger charge is 2.17. The van der Waals surface area contributed by atoms with Crippen LogP contribution in [0.25, 0.3) is 0 Å². The molecule has 1 saturated heterocycles. The molecule has 82 valence electrons. The molecule has 1 unspecified atom stereocenters. The lowest BCUT2D eigenvalue weighted by Gasteiger charge is -2.22. The predicted molar refractivity (Wildman–Crippen MR) is 61.7 cm³/mol. The predicted octanol–water partition coefficient (Wildman–Crippen LogP) is 1.22. The number of pyridine rings is 1. The summed E-state index contributed by atoms with van der Waals surface area (Å²) < 4.78 is 0. The molecule has 1 aromatic rings. The fourth-order valence-electron chi connectivity index (χ4n) is 2.23. The second-order valence-electron chi connectivity index (χ2n) is 4.22. The molecule has 2 heterocycles. The van der Waals surface area contributed by atoms with Gasteiger partial charge in [0.05, 0.1) is 0 Å². The van der Waals surface area contributed by atoms with Gasteiger partial charge in [0.2, 0.25) is 0 Å². The van der Waals surface area contributed by atoms with Gasteiger partial charge in [-0.3, -0.25) is 4.98 Å². The van der Waals surface area contributed by atoms with E-state index in [1.165, 1.54) is 31.5 Å². The Hall–Kier alpha value is -0.930. The maximum Gasteiger partial charge on any atom is 0.0270 e. The summed E-state index contributed by atoms with van der Waals surface area (Å²) in [5, 5.41) is 0. The van der Waals surface area contributed by atoms with Crippen molar-refractivity contribution in [3.8, 4) is 0 Å². The molecule has 0 spiro atoms. The zero-order valence-electron chi connectivity index (χ0n) is 9.10. The van der Waals surface area contributed by atoms with E-state index < -0.39 is 0 Å². The van der Waals surface area contributed by atoms with Crippen molar-refractivity contribution >= 4 is 0 Å². The average molecular weight is 205 g/mol. The summed E-state index contributed by atoms with van der Waals surface area (Å²) in [5.74, 6) is 0.464. The molecule has 0 bridgehead atoms. The summed E-state index contributed by atoms with van der Waals surface area (Å²) >= 11 is 0. The number of nitrogens with zero attached hydrogens (tertiary/aromatic N) is 2. The quantitative estimate of drug-likeness (QED) is 0.803. The first-order valence-electron chi connectivity index (χ1n) is 5.72. The van der Waals surface area contributed by atoms with Crippen LogP contribution in [0.3, 0.4) is 0 Å². The van der Waals surface area contributed by atoms with E-state index in [2.05, 4.69) is 22.0 Å². The molecule has 1 aliphatic heterocycles. The third kappa shape index (κ3) is 2.76. The van der Waals surface area contributed by atoms with Gasteiger partial charge in [0, 0.05) is 31.4 Å². The molecule has 2 rings (SSSR count). The second-order valence-corrected chi connectivity index (χ2v) is 4.22. The van der Waals surface area contributed by atoms with Crippen LogP contribution in [0.5, 0.6) is 0 Å². The van der Waals surface area contributed by atoms with Crippen molar-refractivity contribution in [1.82, 2.24) is 9.88 Å². The van der Waals surface area contributed by atoms with Gasteiger partial charge < -0.3 is 10.6 Å². The van der Waals surface area contributed by atoms with Gasteiger partial charge in [0.25, 0.3) is 0 Å². The Balaban J connectivity index is 1.97. The summed E-state index contributed by atoms with van der Waals surface area (Å²) in [7, 11) is 0. The minimum absolute atomic E-state index is 0.464. The average Bonchev–Trinajstić information content (AvgIpc) is 2.80. The van der Waals surface area contributed by atoms with Crippen LogP contribution in [-0.2, 0) is 0 Å². The summed E-state index contributed by atoms with van der Waals surface area (Å²) in [6.07, 6.45) is 6.38. The zero-order chi connectivity index (χ0) is 10.5. The van der Waals surface area contributed by atoms with Gasteiger partial charge in [-0.15, -0.1) is 0 Å². The van der Waals surface area contributed by atoms with Crippen molar-refractivity contribution in [2.45, 2.75) is 18.8 Å².